The summed E-state index contributed by atoms with van der Waals surface area (Å²) in [5.74, 6) is 4.68. The molecule has 0 bridgehead atoms. The van der Waals surface area contributed by atoms with E-state index in [1.807, 2.05) is 0 Å². The van der Waals surface area contributed by atoms with E-state index in [4.69, 9.17) is 5.73 Å². The van der Waals surface area contributed by atoms with Crippen molar-refractivity contribution in [2.24, 2.45) is 5.73 Å². The van der Waals surface area contributed by atoms with Gasteiger partial charge >= 0.3 is 0 Å². The van der Waals surface area contributed by atoms with Crippen LogP contribution >= 0.6 is 0 Å². The van der Waals surface area contributed by atoms with E-state index >= 15 is 0 Å². The van der Waals surface area contributed by atoms with Crippen LogP contribution in [-0.4, -0.2) is 36.3 Å². The number of carbonyl (C=O) groups is 2. The Morgan fingerprint density at radius 3 is 2.44 bits per heavy atom. The number of rotatable bonds is 9. The summed E-state index contributed by atoms with van der Waals surface area (Å²) in [6.45, 7) is 2.13. The van der Waals surface area contributed by atoms with Crippen LogP contribution in [0.3, 0.4) is 0 Å². The molecule has 1 aromatic carbocycles. The van der Waals surface area contributed by atoms with Crippen LogP contribution < -0.4 is 5.73 Å². The molecule has 136 valence electrons. The molecule has 1 rings (SSSR count). The molecule has 1 aromatic rings. The molecule has 0 unspecified atom stereocenters. The SMILES string of the molecule is CCCCCCC#Cc1ccc(S(=O)(=O)N(O)[C@@H](C=O)C(N)=O)cc1. The summed E-state index contributed by atoms with van der Waals surface area (Å²) in [6, 6.07) is 3.47. The second-order valence-electron chi connectivity index (χ2n) is 5.40. The van der Waals surface area contributed by atoms with Gasteiger partial charge in [0.15, 0.2) is 6.04 Å². The zero-order valence-electron chi connectivity index (χ0n) is 14.0. The van der Waals surface area contributed by atoms with Crippen molar-refractivity contribution in [3.63, 3.8) is 0 Å². The quantitative estimate of drug-likeness (QED) is 0.225. The summed E-state index contributed by atoms with van der Waals surface area (Å²) in [4.78, 5) is 21.5. The molecule has 0 radical (unpaired) electrons. The fourth-order valence-corrected chi connectivity index (χ4v) is 3.15. The molecule has 0 heterocycles. The predicted molar refractivity (Wildman–Crippen MR) is 91.9 cm³/mol. The van der Waals surface area contributed by atoms with Gasteiger partial charge in [-0.05, 0) is 30.7 Å². The first-order valence-electron chi connectivity index (χ1n) is 7.91. The van der Waals surface area contributed by atoms with Gasteiger partial charge in [0.05, 0.1) is 4.90 Å². The molecule has 0 saturated carbocycles. The van der Waals surface area contributed by atoms with Crippen molar-refractivity contribution in [2.75, 3.05) is 0 Å². The average Bonchev–Trinajstić information content (AvgIpc) is 2.58. The molecule has 0 aliphatic heterocycles. The highest BCUT2D eigenvalue weighted by atomic mass is 32.2. The highest BCUT2D eigenvalue weighted by Gasteiger charge is 2.33. The fourth-order valence-electron chi connectivity index (χ4n) is 2.00. The first kappa shape index (κ1) is 20.8. The third kappa shape index (κ3) is 5.98. The molecular formula is C17H22N2O5S. The molecule has 25 heavy (non-hydrogen) atoms. The number of amides is 1. The summed E-state index contributed by atoms with van der Waals surface area (Å²) in [6.07, 6.45) is 5.22. The van der Waals surface area contributed by atoms with E-state index in [9.17, 15) is 23.2 Å². The lowest BCUT2D eigenvalue weighted by atomic mass is 10.1. The van der Waals surface area contributed by atoms with Crippen molar-refractivity contribution in [3.05, 3.63) is 29.8 Å². The van der Waals surface area contributed by atoms with E-state index in [1.165, 1.54) is 30.7 Å². The molecule has 0 aliphatic rings. The van der Waals surface area contributed by atoms with Gasteiger partial charge in [0.2, 0.25) is 5.91 Å². The van der Waals surface area contributed by atoms with E-state index in [1.54, 1.807) is 0 Å². The Morgan fingerprint density at radius 1 is 1.28 bits per heavy atom. The largest absolute Gasteiger partial charge is 0.368 e. The minimum atomic E-state index is -4.44. The van der Waals surface area contributed by atoms with Gasteiger partial charge in [0.25, 0.3) is 10.0 Å². The summed E-state index contributed by atoms with van der Waals surface area (Å²) in [5, 5.41) is 9.66. The normalized spacial score (nSPS) is 12.3. The van der Waals surface area contributed by atoms with Crippen molar-refractivity contribution in [3.8, 4) is 11.8 Å². The fraction of sp³-hybridized carbons (Fsp3) is 0.412. The van der Waals surface area contributed by atoms with Crippen LogP contribution in [0.4, 0.5) is 0 Å². The Hall–Kier alpha value is -2.21. The molecule has 0 spiro atoms. The van der Waals surface area contributed by atoms with Gasteiger partial charge in [-0.2, -0.15) is 0 Å². The molecule has 0 fully saturated rings. The lowest BCUT2D eigenvalue weighted by Gasteiger charge is -2.18. The van der Waals surface area contributed by atoms with E-state index in [-0.39, 0.29) is 15.7 Å². The number of unbranched alkanes of at least 4 members (excludes halogenated alkanes) is 4. The number of hydrogen-bond donors (Lipinski definition) is 2. The van der Waals surface area contributed by atoms with Crippen molar-refractivity contribution in [1.82, 2.24) is 4.47 Å². The first-order valence-corrected chi connectivity index (χ1v) is 9.35. The smallest absolute Gasteiger partial charge is 0.265 e. The number of nitrogens with zero attached hydrogens (tertiary/aromatic N) is 1. The van der Waals surface area contributed by atoms with Crippen molar-refractivity contribution < 1.29 is 23.2 Å². The van der Waals surface area contributed by atoms with Gasteiger partial charge in [0, 0.05) is 12.0 Å². The molecule has 1 atom stereocenters. The Balaban J connectivity index is 2.83. The molecule has 0 aliphatic carbocycles. The molecule has 3 N–H and O–H groups in total. The number of sulfonamides is 1. The Labute approximate surface area is 147 Å². The maximum atomic E-state index is 12.2. The Kier molecular flexibility index (Phi) is 8.28. The van der Waals surface area contributed by atoms with Crippen molar-refractivity contribution in [1.29, 1.82) is 0 Å². The van der Waals surface area contributed by atoms with E-state index in [0.717, 1.165) is 25.7 Å². The Bertz CT molecular complexity index is 747. The van der Waals surface area contributed by atoms with E-state index in [2.05, 4.69) is 18.8 Å². The van der Waals surface area contributed by atoms with Crippen molar-refractivity contribution >= 4 is 22.2 Å². The van der Waals surface area contributed by atoms with E-state index in [0.29, 0.717) is 5.56 Å². The lowest BCUT2D eigenvalue weighted by Crippen LogP contribution is -2.47. The van der Waals surface area contributed by atoms with Crippen LogP contribution in [0.2, 0.25) is 0 Å². The monoisotopic (exact) mass is 366 g/mol. The minimum absolute atomic E-state index is 0.0434. The maximum absolute atomic E-state index is 12.2. The van der Waals surface area contributed by atoms with Crippen LogP contribution in [0, 0.1) is 11.8 Å². The summed E-state index contributed by atoms with van der Waals surface area (Å²) >= 11 is 0. The number of carbonyl (C=O) groups excluding carboxylic acids is 2. The Morgan fingerprint density at radius 2 is 1.92 bits per heavy atom. The molecular weight excluding hydrogens is 344 g/mol. The zero-order valence-corrected chi connectivity index (χ0v) is 14.8. The topological polar surface area (TPSA) is 118 Å². The van der Waals surface area contributed by atoms with E-state index < -0.39 is 22.0 Å². The number of aldehydes is 1. The van der Waals surface area contributed by atoms with Crippen LogP contribution in [-0.2, 0) is 19.6 Å². The summed E-state index contributed by atoms with van der Waals surface area (Å²) < 4.78 is 24.0. The second kappa shape index (κ2) is 9.93. The van der Waals surface area contributed by atoms with Crippen LogP contribution in [0.15, 0.2) is 29.2 Å². The molecule has 8 heteroatoms. The van der Waals surface area contributed by atoms with Crippen LogP contribution in [0.25, 0.3) is 0 Å². The highest BCUT2D eigenvalue weighted by Crippen LogP contribution is 2.16. The standard InChI is InChI=1S/C17H22N2O5S/c1-2-3-4-5-6-7-8-14-9-11-15(12-10-14)25(23,24)19(22)16(13-20)17(18)21/h9-13,16,22H,2-6H2,1H3,(H2,18,21)/t16-/m0/s1. The highest BCUT2D eigenvalue weighted by molar-refractivity contribution is 7.89. The summed E-state index contributed by atoms with van der Waals surface area (Å²) in [5.41, 5.74) is 5.52. The third-order valence-electron chi connectivity index (χ3n) is 3.44. The van der Waals surface area contributed by atoms with Gasteiger partial charge in [-0.3, -0.25) is 10.0 Å². The van der Waals surface area contributed by atoms with Gasteiger partial charge in [-0.15, -0.1) is 0 Å². The number of hydroxylamine groups is 1. The first-order chi connectivity index (χ1) is 11.8. The third-order valence-corrected chi connectivity index (χ3v) is 5.03. The number of hydrogen-bond acceptors (Lipinski definition) is 5. The van der Waals surface area contributed by atoms with Gasteiger partial charge in [-0.1, -0.05) is 42.5 Å². The van der Waals surface area contributed by atoms with Gasteiger partial charge in [0.1, 0.15) is 6.29 Å². The maximum Gasteiger partial charge on any atom is 0.265 e. The van der Waals surface area contributed by atoms with Crippen LogP contribution in [0.5, 0.6) is 0 Å². The number of primary amides is 1. The average molecular weight is 366 g/mol. The zero-order chi connectivity index (χ0) is 18.9. The van der Waals surface area contributed by atoms with Gasteiger partial charge < -0.3 is 10.5 Å². The molecule has 0 saturated heterocycles. The molecule has 0 aromatic heterocycles. The second-order valence-corrected chi connectivity index (χ2v) is 7.19. The number of nitrogens with two attached hydrogens (primary N) is 1. The van der Waals surface area contributed by atoms with Crippen molar-refractivity contribution in [2.45, 2.75) is 50.0 Å². The van der Waals surface area contributed by atoms with Gasteiger partial charge in [-0.25, -0.2) is 8.42 Å². The molecule has 1 amide bonds. The minimum Gasteiger partial charge on any atom is -0.368 e. The summed E-state index contributed by atoms with van der Waals surface area (Å²) in [7, 11) is -4.44. The lowest BCUT2D eigenvalue weighted by molar-refractivity contribution is -0.137. The van der Waals surface area contributed by atoms with Crippen LogP contribution in [0.1, 0.15) is 44.6 Å². The predicted octanol–water partition coefficient (Wildman–Crippen LogP) is 1.44. The number of benzene rings is 1. The molecule has 7 nitrogen and oxygen atoms in total.